The van der Waals surface area contributed by atoms with Crippen LogP contribution in [0.15, 0.2) is 0 Å². The van der Waals surface area contributed by atoms with Crippen LogP contribution in [0.1, 0.15) is 33.6 Å². The van der Waals surface area contributed by atoms with Crippen molar-refractivity contribution >= 4 is 11.9 Å². The van der Waals surface area contributed by atoms with E-state index in [1.165, 1.54) is 0 Å². The van der Waals surface area contributed by atoms with Gasteiger partial charge in [-0.05, 0) is 18.8 Å². The van der Waals surface area contributed by atoms with Crippen LogP contribution >= 0.6 is 0 Å². The predicted octanol–water partition coefficient (Wildman–Crippen LogP) is 0.834. The lowest BCUT2D eigenvalue weighted by molar-refractivity contribution is -0.141. The summed E-state index contributed by atoms with van der Waals surface area (Å²) in [6.45, 7) is 6.44. The average molecular weight is 244 g/mol. The summed E-state index contributed by atoms with van der Waals surface area (Å²) in [5.74, 6) is -1.09. The number of carboxylic acid groups (broad SMARTS) is 1. The van der Waals surface area contributed by atoms with Crippen LogP contribution in [0.2, 0.25) is 0 Å². The zero-order valence-corrected chi connectivity index (χ0v) is 10.9. The van der Waals surface area contributed by atoms with Gasteiger partial charge in [0.2, 0.25) is 5.91 Å². The van der Waals surface area contributed by atoms with Crippen LogP contribution < -0.4 is 11.1 Å². The Morgan fingerprint density at radius 2 is 1.88 bits per heavy atom. The largest absolute Gasteiger partial charge is 0.481 e. The number of aliphatic carboxylic acids is 1. The van der Waals surface area contributed by atoms with E-state index in [2.05, 4.69) is 5.32 Å². The highest BCUT2D eigenvalue weighted by Crippen LogP contribution is 2.10. The number of nitrogens with two attached hydrogens (primary N) is 1. The maximum atomic E-state index is 11.7. The highest BCUT2D eigenvalue weighted by molar-refractivity contribution is 5.78. The van der Waals surface area contributed by atoms with E-state index in [4.69, 9.17) is 10.8 Å². The highest BCUT2D eigenvalue weighted by atomic mass is 16.4. The number of hydrogen-bond donors (Lipinski definition) is 3. The van der Waals surface area contributed by atoms with Gasteiger partial charge >= 0.3 is 5.97 Å². The molecule has 0 spiro atoms. The molecule has 0 aliphatic rings. The first-order valence-electron chi connectivity index (χ1n) is 6.09. The highest BCUT2D eigenvalue weighted by Gasteiger charge is 2.18. The Balaban J connectivity index is 3.94. The van der Waals surface area contributed by atoms with Gasteiger partial charge in [-0.2, -0.15) is 0 Å². The molecule has 17 heavy (non-hydrogen) atoms. The first-order chi connectivity index (χ1) is 7.88. The Hall–Kier alpha value is -1.10. The fourth-order valence-corrected chi connectivity index (χ4v) is 1.56. The third-order valence-electron chi connectivity index (χ3n) is 2.71. The van der Waals surface area contributed by atoms with Crippen LogP contribution in [0.5, 0.6) is 0 Å². The smallest absolute Gasteiger partial charge is 0.306 e. The summed E-state index contributed by atoms with van der Waals surface area (Å²) >= 11 is 0. The zero-order valence-electron chi connectivity index (χ0n) is 10.9. The summed E-state index contributed by atoms with van der Waals surface area (Å²) in [6.07, 6.45) is 1.21. The van der Waals surface area contributed by atoms with Crippen molar-refractivity contribution in [3.63, 3.8) is 0 Å². The van der Waals surface area contributed by atoms with Crippen LogP contribution in [-0.4, -0.2) is 30.1 Å². The van der Waals surface area contributed by atoms with Crippen molar-refractivity contribution in [3.8, 4) is 0 Å². The standard InChI is InChI=1S/C12H24N2O3/c1-8(2)6-10(7-13)11(15)14-5-4-9(3)12(16)17/h8-10H,4-7,13H2,1-3H3,(H,14,15)(H,16,17). The maximum Gasteiger partial charge on any atom is 0.306 e. The summed E-state index contributed by atoms with van der Waals surface area (Å²) in [5, 5.41) is 11.4. The summed E-state index contributed by atoms with van der Waals surface area (Å²) in [4.78, 5) is 22.3. The van der Waals surface area contributed by atoms with E-state index in [1.807, 2.05) is 13.8 Å². The summed E-state index contributed by atoms with van der Waals surface area (Å²) in [6, 6.07) is 0. The third-order valence-corrected chi connectivity index (χ3v) is 2.71. The molecule has 4 N–H and O–H groups in total. The molecule has 0 radical (unpaired) electrons. The number of nitrogens with one attached hydrogen (secondary N) is 1. The molecule has 0 saturated heterocycles. The van der Waals surface area contributed by atoms with Gasteiger partial charge in [-0.25, -0.2) is 0 Å². The second-order valence-corrected chi connectivity index (χ2v) is 4.88. The number of carboxylic acids is 1. The first kappa shape index (κ1) is 15.9. The van der Waals surface area contributed by atoms with Crippen LogP contribution in [0.3, 0.4) is 0 Å². The lowest BCUT2D eigenvalue weighted by Crippen LogP contribution is -2.37. The molecule has 5 heteroatoms. The third kappa shape index (κ3) is 6.94. The molecular weight excluding hydrogens is 220 g/mol. The van der Waals surface area contributed by atoms with E-state index >= 15 is 0 Å². The summed E-state index contributed by atoms with van der Waals surface area (Å²) < 4.78 is 0. The van der Waals surface area contributed by atoms with Gasteiger partial charge in [0.15, 0.2) is 0 Å². The molecule has 0 bridgehead atoms. The molecule has 0 rings (SSSR count). The Kier molecular flexibility index (Phi) is 7.54. The Morgan fingerprint density at radius 3 is 2.29 bits per heavy atom. The van der Waals surface area contributed by atoms with Crippen molar-refractivity contribution in [2.75, 3.05) is 13.1 Å². The molecule has 0 aromatic heterocycles. The number of carbonyl (C=O) groups is 2. The molecule has 0 fully saturated rings. The normalized spacial score (nSPS) is 14.4. The van der Waals surface area contributed by atoms with E-state index < -0.39 is 11.9 Å². The molecule has 2 unspecified atom stereocenters. The lowest BCUT2D eigenvalue weighted by Gasteiger charge is -2.17. The Labute approximate surface area is 103 Å². The fraction of sp³-hybridized carbons (Fsp3) is 0.833. The topological polar surface area (TPSA) is 92.4 Å². The SMILES string of the molecule is CC(C)CC(CN)C(=O)NCCC(C)C(=O)O. The molecule has 0 heterocycles. The van der Waals surface area contributed by atoms with Crippen LogP contribution in [0.4, 0.5) is 0 Å². The van der Waals surface area contributed by atoms with Crippen LogP contribution in [0, 0.1) is 17.8 Å². The molecule has 0 aliphatic heterocycles. The fourth-order valence-electron chi connectivity index (χ4n) is 1.56. The predicted molar refractivity (Wildman–Crippen MR) is 66.4 cm³/mol. The van der Waals surface area contributed by atoms with Crippen molar-refractivity contribution in [1.82, 2.24) is 5.32 Å². The maximum absolute atomic E-state index is 11.7. The van der Waals surface area contributed by atoms with Gasteiger partial charge in [0.25, 0.3) is 0 Å². The number of rotatable bonds is 8. The van der Waals surface area contributed by atoms with Gasteiger partial charge in [0.05, 0.1) is 11.8 Å². The molecule has 0 saturated carbocycles. The first-order valence-corrected chi connectivity index (χ1v) is 6.09. The molecule has 0 aliphatic carbocycles. The van der Waals surface area contributed by atoms with Crippen LogP contribution in [-0.2, 0) is 9.59 Å². The molecule has 0 aromatic carbocycles. The van der Waals surface area contributed by atoms with E-state index in [0.717, 1.165) is 6.42 Å². The van der Waals surface area contributed by atoms with E-state index in [-0.39, 0.29) is 11.8 Å². The van der Waals surface area contributed by atoms with E-state index in [1.54, 1.807) is 6.92 Å². The van der Waals surface area contributed by atoms with Crippen molar-refractivity contribution < 1.29 is 14.7 Å². The van der Waals surface area contributed by atoms with Crippen molar-refractivity contribution in [2.24, 2.45) is 23.5 Å². The zero-order chi connectivity index (χ0) is 13.4. The number of amides is 1. The quantitative estimate of drug-likeness (QED) is 0.589. The van der Waals surface area contributed by atoms with Crippen molar-refractivity contribution in [1.29, 1.82) is 0 Å². The lowest BCUT2D eigenvalue weighted by atomic mass is 9.96. The monoisotopic (exact) mass is 244 g/mol. The summed E-state index contributed by atoms with van der Waals surface area (Å²) in [5.41, 5.74) is 5.55. The van der Waals surface area contributed by atoms with Gasteiger partial charge in [0, 0.05) is 13.1 Å². The summed E-state index contributed by atoms with van der Waals surface area (Å²) in [7, 11) is 0. The number of carbonyl (C=O) groups excluding carboxylic acids is 1. The molecule has 2 atom stereocenters. The molecule has 0 aromatic rings. The van der Waals surface area contributed by atoms with Gasteiger partial charge < -0.3 is 16.2 Å². The minimum atomic E-state index is -0.836. The Morgan fingerprint density at radius 1 is 1.29 bits per heavy atom. The minimum Gasteiger partial charge on any atom is -0.481 e. The van der Waals surface area contributed by atoms with Crippen LogP contribution in [0.25, 0.3) is 0 Å². The van der Waals surface area contributed by atoms with E-state index in [0.29, 0.717) is 25.4 Å². The number of hydrogen-bond acceptors (Lipinski definition) is 3. The van der Waals surface area contributed by atoms with Crippen molar-refractivity contribution in [2.45, 2.75) is 33.6 Å². The van der Waals surface area contributed by atoms with Gasteiger partial charge in [-0.15, -0.1) is 0 Å². The average Bonchev–Trinajstić information content (AvgIpc) is 2.24. The molecule has 1 amide bonds. The van der Waals surface area contributed by atoms with Crippen molar-refractivity contribution in [3.05, 3.63) is 0 Å². The molecular formula is C12H24N2O3. The molecule has 100 valence electrons. The van der Waals surface area contributed by atoms with E-state index in [9.17, 15) is 9.59 Å². The Bertz CT molecular complexity index is 254. The molecule has 5 nitrogen and oxygen atoms in total. The minimum absolute atomic E-state index is 0.0706. The second-order valence-electron chi connectivity index (χ2n) is 4.88. The second kappa shape index (κ2) is 8.06. The van der Waals surface area contributed by atoms with Gasteiger partial charge in [-0.1, -0.05) is 20.8 Å². The van der Waals surface area contributed by atoms with Gasteiger partial charge in [0.1, 0.15) is 0 Å². The van der Waals surface area contributed by atoms with Gasteiger partial charge in [-0.3, -0.25) is 9.59 Å².